The van der Waals surface area contributed by atoms with Crippen LogP contribution in [-0.2, 0) is 30.8 Å². The van der Waals surface area contributed by atoms with Gasteiger partial charge in [0.25, 0.3) is 0 Å². The summed E-state index contributed by atoms with van der Waals surface area (Å²) in [6.45, 7) is 1.74. The van der Waals surface area contributed by atoms with Gasteiger partial charge in [-0.1, -0.05) is 12.1 Å². The quantitative estimate of drug-likeness (QED) is 0.501. The third-order valence-electron chi connectivity index (χ3n) is 3.12. The van der Waals surface area contributed by atoms with E-state index in [1.165, 1.54) is 0 Å². The molecule has 1 fully saturated rings. The number of pyridine rings is 2. The molecule has 2 aromatic rings. The first-order chi connectivity index (χ1) is 9.86. The van der Waals surface area contributed by atoms with Gasteiger partial charge in [-0.2, -0.15) is 0 Å². The number of aromatic nitrogens is 2. The molecule has 0 saturated carbocycles. The molecule has 3 rings (SSSR count). The Hall–Kier alpha value is -1.29. The van der Waals surface area contributed by atoms with Crippen LogP contribution in [0, 0.1) is 0 Å². The minimum Gasteiger partial charge on any atom is -0.382 e. The molecule has 0 amide bonds. The maximum absolute atomic E-state index is 10.7. The fourth-order valence-electron chi connectivity index (χ4n) is 2.15. The molecule has 0 spiro atoms. The minimum absolute atomic E-state index is 0. The Morgan fingerprint density at radius 1 is 1.10 bits per heavy atom. The Balaban J connectivity index is 0.00000161. The zero-order valence-corrected chi connectivity index (χ0v) is 14.5. The molecule has 8 heteroatoms. The van der Waals surface area contributed by atoms with Gasteiger partial charge in [-0.15, -0.1) is 0 Å². The second-order valence-corrected chi connectivity index (χ2v) is 5.04. The van der Waals surface area contributed by atoms with Gasteiger partial charge in [0.05, 0.1) is 11.9 Å². The van der Waals surface area contributed by atoms with Crippen molar-refractivity contribution in [1.29, 1.82) is 0 Å². The Morgan fingerprint density at radius 3 is 2.57 bits per heavy atom. The van der Waals surface area contributed by atoms with Gasteiger partial charge in [0, 0.05) is 39.4 Å². The third kappa shape index (κ3) is 3.88. The van der Waals surface area contributed by atoms with Gasteiger partial charge < -0.3 is 9.62 Å². The van der Waals surface area contributed by atoms with E-state index in [-0.39, 0.29) is 28.6 Å². The van der Waals surface area contributed by atoms with Gasteiger partial charge in [0.1, 0.15) is 11.6 Å². The summed E-state index contributed by atoms with van der Waals surface area (Å²) in [7, 11) is 2.11. The summed E-state index contributed by atoms with van der Waals surface area (Å²) >= 11 is 0. The summed E-state index contributed by atoms with van der Waals surface area (Å²) in [5.74, 6) is 1.81. The topological polar surface area (TPSA) is 49.3 Å². The fourth-order valence-corrected chi connectivity index (χ4v) is 2.46. The van der Waals surface area contributed by atoms with Crippen LogP contribution in [0.1, 0.15) is 5.69 Å². The van der Waals surface area contributed by atoms with Crippen molar-refractivity contribution < 1.29 is 24.7 Å². The largest absolute Gasteiger partial charge is 0.394 e. The third-order valence-corrected chi connectivity index (χ3v) is 3.57. The molecular formula is C13H13BIrN4OP. The van der Waals surface area contributed by atoms with Crippen LogP contribution in [0.5, 0.6) is 0 Å². The summed E-state index contributed by atoms with van der Waals surface area (Å²) < 4.78 is 10.7. The van der Waals surface area contributed by atoms with Gasteiger partial charge in [-0.05, 0) is 24.3 Å². The molecule has 2 radical (unpaired) electrons. The molecule has 0 aliphatic carbocycles. The Labute approximate surface area is 139 Å². The molecule has 3 heterocycles. The van der Waals surface area contributed by atoms with Crippen molar-refractivity contribution in [3.63, 3.8) is 0 Å². The van der Waals surface area contributed by atoms with Crippen LogP contribution >= 0.6 is 8.46 Å². The van der Waals surface area contributed by atoms with E-state index in [2.05, 4.69) is 19.6 Å². The summed E-state index contributed by atoms with van der Waals surface area (Å²) in [6, 6.07) is 11.7. The van der Waals surface area contributed by atoms with Crippen LogP contribution in [-0.4, -0.2) is 30.6 Å². The van der Waals surface area contributed by atoms with Crippen molar-refractivity contribution in [3.8, 4) is 0 Å². The molecule has 1 aliphatic heterocycles. The first-order valence-electron chi connectivity index (χ1n) is 6.41. The van der Waals surface area contributed by atoms with Crippen LogP contribution in [0.2, 0.25) is 0 Å². The molecular weight excluding hydrogens is 462 g/mol. The van der Waals surface area contributed by atoms with Crippen molar-refractivity contribution in [2.75, 3.05) is 22.7 Å². The Bertz CT molecular complexity index is 604. The first kappa shape index (κ1) is 16.1. The van der Waals surface area contributed by atoms with Gasteiger partial charge in [0.15, 0.2) is 8.46 Å². The molecule has 0 bridgehead atoms. The molecule has 0 unspecified atom stereocenters. The van der Waals surface area contributed by atoms with E-state index in [4.69, 9.17) is 0 Å². The summed E-state index contributed by atoms with van der Waals surface area (Å²) in [5.41, 5.74) is 0.837. The molecule has 1 aliphatic rings. The second kappa shape index (κ2) is 7.65. The zero-order valence-electron chi connectivity index (χ0n) is 11.2. The van der Waals surface area contributed by atoms with Crippen molar-refractivity contribution in [1.82, 2.24) is 9.97 Å². The first-order valence-corrected chi connectivity index (χ1v) is 7.41. The van der Waals surface area contributed by atoms with Crippen molar-refractivity contribution in [3.05, 3.63) is 48.3 Å². The summed E-state index contributed by atoms with van der Waals surface area (Å²) in [4.78, 5) is 13.0. The Kier molecular flexibility index (Phi) is 5.86. The molecule has 0 aromatic carbocycles. The van der Waals surface area contributed by atoms with Crippen molar-refractivity contribution in [2.45, 2.75) is 6.16 Å². The van der Waals surface area contributed by atoms with E-state index in [0.717, 1.165) is 30.4 Å². The molecule has 108 valence electrons. The van der Waals surface area contributed by atoms with Gasteiger partial charge in [-0.25, -0.2) is 9.97 Å². The van der Waals surface area contributed by atoms with Crippen LogP contribution in [0.3, 0.4) is 0 Å². The molecule has 0 N–H and O–H groups in total. The molecule has 0 atom stereocenters. The zero-order chi connectivity index (χ0) is 13.8. The van der Waals surface area contributed by atoms with Gasteiger partial charge >= 0.3 is 7.55 Å². The van der Waals surface area contributed by atoms with Crippen molar-refractivity contribution >= 4 is 27.6 Å². The maximum atomic E-state index is 10.7. The van der Waals surface area contributed by atoms with Gasteiger partial charge in [0.2, 0.25) is 0 Å². The number of nitrogens with zero attached hydrogens (tertiary/aromatic N) is 4. The molecule has 1 saturated heterocycles. The van der Waals surface area contributed by atoms with E-state index in [0.29, 0.717) is 6.16 Å². The predicted molar refractivity (Wildman–Crippen MR) is 80.2 cm³/mol. The van der Waals surface area contributed by atoms with E-state index < -0.39 is 0 Å². The number of anilines is 2. The van der Waals surface area contributed by atoms with Crippen LogP contribution in [0.15, 0.2) is 42.6 Å². The average Bonchev–Trinajstić information content (AvgIpc) is 2.99. The number of hydrogen-bond donors (Lipinski definition) is 0. The van der Waals surface area contributed by atoms with Crippen LogP contribution < -0.4 is 9.62 Å². The predicted octanol–water partition coefficient (Wildman–Crippen LogP) is 2.13. The van der Waals surface area contributed by atoms with E-state index in [1.54, 1.807) is 6.20 Å². The smallest absolute Gasteiger partial charge is 0.382 e. The summed E-state index contributed by atoms with van der Waals surface area (Å²) in [6.07, 6.45) is 2.24. The van der Waals surface area contributed by atoms with Crippen LogP contribution in [0.25, 0.3) is 0 Å². The fraction of sp³-hybridized carbons (Fsp3) is 0.231. The second-order valence-electron chi connectivity index (χ2n) is 4.46. The maximum Gasteiger partial charge on any atom is 0.394 e. The van der Waals surface area contributed by atoms with Gasteiger partial charge in [-0.3, -0.25) is 4.57 Å². The Morgan fingerprint density at radius 2 is 1.86 bits per heavy atom. The minimum atomic E-state index is 0. The van der Waals surface area contributed by atoms with E-state index in [9.17, 15) is 4.57 Å². The number of rotatable bonds is 4. The van der Waals surface area contributed by atoms with Crippen LogP contribution in [0.4, 0.5) is 11.6 Å². The SMILES string of the molecule is O=PCc1cccc(N2[B]N(c3ccccn3)CC2)n1.[Ir]. The summed E-state index contributed by atoms with van der Waals surface area (Å²) in [5, 5.41) is 0. The van der Waals surface area contributed by atoms with E-state index >= 15 is 0 Å². The standard InChI is InChI=1S/C13H13BN4OP.Ir/c19-20-10-11-4-3-6-13(16-11)18-9-8-17(14-18)12-5-1-2-7-15-12;/h1-7H,8-10H2;. The monoisotopic (exact) mass is 476 g/mol. The normalized spacial score (nSPS) is 13.9. The average molecular weight is 475 g/mol. The molecule has 21 heavy (non-hydrogen) atoms. The van der Waals surface area contributed by atoms with Crippen molar-refractivity contribution in [2.24, 2.45) is 0 Å². The van der Waals surface area contributed by atoms with E-state index in [1.807, 2.05) is 43.9 Å². The molecule has 2 aromatic heterocycles. The molecule has 5 nitrogen and oxygen atoms in total. The number of hydrogen-bond acceptors (Lipinski definition) is 5.